The normalized spacial score (nSPS) is 12.5. The molecule has 1 aromatic rings. The average Bonchev–Trinajstić information content (AvgIpc) is 2.55. The van der Waals surface area contributed by atoms with E-state index in [2.05, 4.69) is 10.3 Å². The minimum atomic E-state index is -0.354. The summed E-state index contributed by atoms with van der Waals surface area (Å²) in [7, 11) is 0. The van der Waals surface area contributed by atoms with E-state index in [0.29, 0.717) is 19.0 Å². The van der Waals surface area contributed by atoms with Crippen LogP contribution in [0.5, 0.6) is 0 Å². The van der Waals surface area contributed by atoms with Crippen LogP contribution in [0.1, 0.15) is 31.2 Å². The number of hydrogen-bond acceptors (Lipinski definition) is 5. The molecule has 1 heterocycles. The summed E-state index contributed by atoms with van der Waals surface area (Å²) in [5, 5.41) is 2.99. The van der Waals surface area contributed by atoms with Gasteiger partial charge in [0, 0.05) is 0 Å². The Balaban J connectivity index is 2.42. The van der Waals surface area contributed by atoms with Gasteiger partial charge in [-0.05, 0) is 27.7 Å². The van der Waals surface area contributed by atoms with Crippen LogP contribution in [-0.2, 0) is 16.1 Å². The Kier molecular flexibility index (Phi) is 4.49. The van der Waals surface area contributed by atoms with Gasteiger partial charge in [-0.2, -0.15) is 0 Å². The lowest BCUT2D eigenvalue weighted by Gasteiger charge is -2.10. The molecule has 0 aliphatic carbocycles. The lowest BCUT2D eigenvalue weighted by atomic mass is 10.3. The fraction of sp³-hybridized carbons (Fsp3) is 0.636. The van der Waals surface area contributed by atoms with Crippen molar-refractivity contribution in [2.45, 2.75) is 40.3 Å². The first-order chi connectivity index (χ1) is 7.54. The van der Waals surface area contributed by atoms with E-state index in [0.717, 1.165) is 11.5 Å². The molecule has 1 unspecified atom stereocenters. The highest BCUT2D eigenvalue weighted by Gasteiger charge is 2.14. The van der Waals surface area contributed by atoms with Crippen molar-refractivity contribution >= 4 is 5.97 Å². The number of ether oxygens (including phenoxy) is 1. The maximum Gasteiger partial charge on any atom is 0.322 e. The van der Waals surface area contributed by atoms with Crippen LogP contribution in [0.4, 0.5) is 0 Å². The van der Waals surface area contributed by atoms with Crippen LogP contribution in [0.3, 0.4) is 0 Å². The molecule has 5 heteroatoms. The summed E-state index contributed by atoms with van der Waals surface area (Å²) in [6, 6.07) is -0.354. The maximum atomic E-state index is 11.3. The zero-order valence-electron chi connectivity index (χ0n) is 10.2. The molecule has 1 N–H and O–H groups in total. The first kappa shape index (κ1) is 12.7. The van der Waals surface area contributed by atoms with E-state index in [1.165, 1.54) is 0 Å². The van der Waals surface area contributed by atoms with E-state index in [-0.39, 0.29) is 12.0 Å². The van der Waals surface area contributed by atoms with Gasteiger partial charge >= 0.3 is 5.97 Å². The number of rotatable bonds is 5. The first-order valence-corrected chi connectivity index (χ1v) is 5.37. The standard InChI is InChI=1S/C11H18N2O3/c1-5-15-11(14)8(3)12-6-10-13-7(2)9(4)16-10/h8,12H,5-6H2,1-4H3. The van der Waals surface area contributed by atoms with Gasteiger partial charge in [-0.15, -0.1) is 0 Å². The molecule has 0 amide bonds. The Morgan fingerprint density at radius 2 is 2.25 bits per heavy atom. The van der Waals surface area contributed by atoms with Crippen LogP contribution in [0.25, 0.3) is 0 Å². The third kappa shape index (κ3) is 3.34. The highest BCUT2D eigenvalue weighted by molar-refractivity contribution is 5.75. The second-order valence-corrected chi connectivity index (χ2v) is 3.60. The second kappa shape index (κ2) is 5.65. The maximum absolute atomic E-state index is 11.3. The lowest BCUT2D eigenvalue weighted by molar-refractivity contribution is -0.145. The molecule has 0 aromatic carbocycles. The molecule has 0 spiro atoms. The van der Waals surface area contributed by atoms with E-state index in [1.54, 1.807) is 13.8 Å². The van der Waals surface area contributed by atoms with Crippen molar-refractivity contribution in [2.75, 3.05) is 6.61 Å². The Morgan fingerprint density at radius 3 is 2.75 bits per heavy atom. The summed E-state index contributed by atoms with van der Waals surface area (Å²) in [5.74, 6) is 1.13. The van der Waals surface area contributed by atoms with Gasteiger partial charge in [0.1, 0.15) is 11.8 Å². The molecule has 0 bridgehead atoms. The van der Waals surface area contributed by atoms with Crippen molar-refractivity contribution in [1.82, 2.24) is 10.3 Å². The molecule has 0 fully saturated rings. The van der Waals surface area contributed by atoms with Gasteiger partial charge in [0.15, 0.2) is 0 Å². The average molecular weight is 226 g/mol. The molecule has 1 aromatic heterocycles. The Labute approximate surface area is 95.2 Å². The molecule has 5 nitrogen and oxygen atoms in total. The van der Waals surface area contributed by atoms with Crippen molar-refractivity contribution in [1.29, 1.82) is 0 Å². The quantitative estimate of drug-likeness (QED) is 0.767. The predicted molar refractivity (Wildman–Crippen MR) is 58.9 cm³/mol. The smallest absolute Gasteiger partial charge is 0.322 e. The molecule has 1 rings (SSSR count). The number of aryl methyl sites for hydroxylation is 2. The highest BCUT2D eigenvalue weighted by atomic mass is 16.5. The van der Waals surface area contributed by atoms with Crippen LogP contribution in [-0.4, -0.2) is 23.6 Å². The summed E-state index contributed by atoms with van der Waals surface area (Å²) < 4.78 is 10.2. The molecule has 0 saturated carbocycles. The molecule has 0 aliphatic rings. The van der Waals surface area contributed by atoms with E-state index in [4.69, 9.17) is 9.15 Å². The zero-order chi connectivity index (χ0) is 12.1. The number of nitrogens with zero attached hydrogens (tertiary/aromatic N) is 1. The van der Waals surface area contributed by atoms with Gasteiger partial charge in [-0.25, -0.2) is 4.98 Å². The highest BCUT2D eigenvalue weighted by Crippen LogP contribution is 2.07. The van der Waals surface area contributed by atoms with Crippen LogP contribution < -0.4 is 5.32 Å². The van der Waals surface area contributed by atoms with Crippen LogP contribution in [0.15, 0.2) is 4.42 Å². The number of carbonyl (C=O) groups is 1. The third-order valence-corrected chi connectivity index (χ3v) is 2.27. The molecule has 90 valence electrons. The molecule has 0 radical (unpaired) electrons. The minimum absolute atomic E-state index is 0.262. The summed E-state index contributed by atoms with van der Waals surface area (Å²) >= 11 is 0. The monoisotopic (exact) mass is 226 g/mol. The molecular weight excluding hydrogens is 208 g/mol. The fourth-order valence-electron chi connectivity index (χ4n) is 1.21. The van der Waals surface area contributed by atoms with Crippen molar-refractivity contribution < 1.29 is 13.9 Å². The van der Waals surface area contributed by atoms with Crippen LogP contribution in [0.2, 0.25) is 0 Å². The Morgan fingerprint density at radius 1 is 1.56 bits per heavy atom. The predicted octanol–water partition coefficient (Wildman–Crippen LogP) is 1.33. The van der Waals surface area contributed by atoms with Crippen LogP contribution >= 0.6 is 0 Å². The molecule has 0 aliphatic heterocycles. The number of esters is 1. The summed E-state index contributed by atoms with van der Waals surface area (Å²) in [5.41, 5.74) is 0.876. The summed E-state index contributed by atoms with van der Waals surface area (Å²) in [4.78, 5) is 15.5. The second-order valence-electron chi connectivity index (χ2n) is 3.60. The summed E-state index contributed by atoms with van der Waals surface area (Å²) in [6.45, 7) is 8.10. The van der Waals surface area contributed by atoms with Gasteiger partial charge in [-0.1, -0.05) is 0 Å². The number of nitrogens with one attached hydrogen (secondary N) is 1. The van der Waals surface area contributed by atoms with Crippen molar-refractivity contribution in [3.63, 3.8) is 0 Å². The van der Waals surface area contributed by atoms with Crippen molar-refractivity contribution in [3.8, 4) is 0 Å². The first-order valence-electron chi connectivity index (χ1n) is 5.37. The number of aromatic nitrogens is 1. The zero-order valence-corrected chi connectivity index (χ0v) is 10.2. The molecular formula is C11H18N2O3. The number of carbonyl (C=O) groups excluding carboxylic acids is 1. The largest absolute Gasteiger partial charge is 0.465 e. The van der Waals surface area contributed by atoms with Crippen LogP contribution in [0, 0.1) is 13.8 Å². The van der Waals surface area contributed by atoms with Gasteiger partial charge in [0.2, 0.25) is 5.89 Å². The molecule has 0 saturated heterocycles. The number of oxazole rings is 1. The SMILES string of the molecule is CCOC(=O)C(C)NCc1nc(C)c(C)o1. The molecule has 1 atom stereocenters. The van der Waals surface area contributed by atoms with Gasteiger partial charge < -0.3 is 9.15 Å². The van der Waals surface area contributed by atoms with Gasteiger partial charge in [0.25, 0.3) is 0 Å². The van der Waals surface area contributed by atoms with E-state index in [1.807, 2.05) is 13.8 Å². The minimum Gasteiger partial charge on any atom is -0.465 e. The molecule has 16 heavy (non-hydrogen) atoms. The Bertz CT molecular complexity index is 341. The van der Waals surface area contributed by atoms with Gasteiger partial charge in [0.05, 0.1) is 18.8 Å². The van der Waals surface area contributed by atoms with Crippen molar-refractivity contribution in [2.24, 2.45) is 0 Å². The number of hydrogen-bond donors (Lipinski definition) is 1. The lowest BCUT2D eigenvalue weighted by Crippen LogP contribution is -2.34. The van der Waals surface area contributed by atoms with E-state index < -0.39 is 0 Å². The Hall–Kier alpha value is -1.36. The van der Waals surface area contributed by atoms with Crippen molar-refractivity contribution in [3.05, 3.63) is 17.3 Å². The third-order valence-electron chi connectivity index (χ3n) is 2.27. The topological polar surface area (TPSA) is 64.4 Å². The fourth-order valence-corrected chi connectivity index (χ4v) is 1.21. The van der Waals surface area contributed by atoms with E-state index >= 15 is 0 Å². The van der Waals surface area contributed by atoms with E-state index in [9.17, 15) is 4.79 Å². The summed E-state index contributed by atoms with van der Waals surface area (Å²) in [6.07, 6.45) is 0. The van der Waals surface area contributed by atoms with Gasteiger partial charge in [-0.3, -0.25) is 10.1 Å².